The summed E-state index contributed by atoms with van der Waals surface area (Å²) in [6.07, 6.45) is 2.41. The third-order valence-electron chi connectivity index (χ3n) is 2.76. The van der Waals surface area contributed by atoms with E-state index in [1.807, 2.05) is 6.07 Å². The smallest absolute Gasteiger partial charge is 0.235 e. The van der Waals surface area contributed by atoms with E-state index in [1.54, 1.807) is 6.07 Å². The van der Waals surface area contributed by atoms with Gasteiger partial charge in [0.2, 0.25) is 5.82 Å². The average Bonchev–Trinajstić information content (AvgIpc) is 2.28. The van der Waals surface area contributed by atoms with Gasteiger partial charge in [0, 0.05) is 19.2 Å². The molecule has 1 aromatic heterocycles. The number of halogens is 1. The summed E-state index contributed by atoms with van der Waals surface area (Å²) in [7, 11) is 0. The summed E-state index contributed by atoms with van der Waals surface area (Å²) in [5.41, 5.74) is 0. The summed E-state index contributed by atoms with van der Waals surface area (Å²) in [4.78, 5) is 10.2. The van der Waals surface area contributed by atoms with Gasteiger partial charge in [0.25, 0.3) is 0 Å². The number of nitrogens with zero attached hydrogens (tertiary/aromatic N) is 4. The van der Waals surface area contributed by atoms with Crippen LogP contribution in [0.1, 0.15) is 25.6 Å². The van der Waals surface area contributed by atoms with Gasteiger partial charge in [-0.1, -0.05) is 18.5 Å². The van der Waals surface area contributed by atoms with E-state index in [0.29, 0.717) is 11.1 Å². The zero-order valence-electron chi connectivity index (χ0n) is 9.15. The maximum Gasteiger partial charge on any atom is 0.235 e. The molecule has 0 saturated carbocycles. The van der Waals surface area contributed by atoms with E-state index >= 15 is 0 Å². The predicted octanol–water partition coefficient (Wildman–Crippen LogP) is 2.24. The van der Waals surface area contributed by atoms with E-state index < -0.39 is 0 Å². The largest absolute Gasteiger partial charge is 0.356 e. The maximum absolute atomic E-state index is 8.78. The van der Waals surface area contributed by atoms with Gasteiger partial charge in [-0.2, -0.15) is 5.26 Å². The first-order valence-corrected chi connectivity index (χ1v) is 5.76. The molecular weight excluding hydrogens is 224 g/mol. The van der Waals surface area contributed by atoms with Crippen molar-refractivity contribution in [3.8, 4) is 6.07 Å². The van der Waals surface area contributed by atoms with Crippen LogP contribution >= 0.6 is 11.6 Å². The zero-order valence-corrected chi connectivity index (χ0v) is 9.91. The molecule has 2 heterocycles. The normalized spacial score (nSPS) is 20.6. The fourth-order valence-electron chi connectivity index (χ4n) is 2.02. The van der Waals surface area contributed by atoms with Crippen LogP contribution in [0.5, 0.6) is 0 Å². The highest BCUT2D eigenvalue weighted by Crippen LogP contribution is 2.22. The molecule has 1 atom stereocenters. The second-order valence-corrected chi connectivity index (χ2v) is 4.56. The molecule has 2 rings (SSSR count). The molecule has 84 valence electrons. The van der Waals surface area contributed by atoms with Crippen molar-refractivity contribution in [2.24, 2.45) is 5.92 Å². The number of hydrogen-bond donors (Lipinski definition) is 0. The van der Waals surface area contributed by atoms with Crippen LogP contribution in [0.2, 0.25) is 5.15 Å². The van der Waals surface area contributed by atoms with Crippen LogP contribution in [0.15, 0.2) is 6.07 Å². The van der Waals surface area contributed by atoms with Crippen molar-refractivity contribution in [2.45, 2.75) is 19.8 Å². The van der Waals surface area contributed by atoms with Crippen LogP contribution < -0.4 is 4.90 Å². The topological polar surface area (TPSA) is 52.8 Å². The molecule has 1 saturated heterocycles. The lowest BCUT2D eigenvalue weighted by atomic mass is 10.0. The molecule has 1 aliphatic rings. The van der Waals surface area contributed by atoms with Crippen molar-refractivity contribution >= 4 is 17.4 Å². The first-order valence-electron chi connectivity index (χ1n) is 5.38. The summed E-state index contributed by atoms with van der Waals surface area (Å²) >= 11 is 5.86. The van der Waals surface area contributed by atoms with Gasteiger partial charge < -0.3 is 4.90 Å². The molecule has 1 fully saturated rings. The van der Waals surface area contributed by atoms with Gasteiger partial charge in [-0.05, 0) is 18.8 Å². The van der Waals surface area contributed by atoms with Gasteiger partial charge in [-0.3, -0.25) is 0 Å². The fraction of sp³-hybridized carbons (Fsp3) is 0.545. The predicted molar refractivity (Wildman–Crippen MR) is 62.4 cm³/mol. The Labute approximate surface area is 99.9 Å². The van der Waals surface area contributed by atoms with Gasteiger partial charge in [0.15, 0.2) is 0 Å². The number of nitriles is 1. The monoisotopic (exact) mass is 236 g/mol. The van der Waals surface area contributed by atoms with Crippen LogP contribution in [0.25, 0.3) is 0 Å². The summed E-state index contributed by atoms with van der Waals surface area (Å²) in [5, 5.41) is 9.12. The van der Waals surface area contributed by atoms with Crippen molar-refractivity contribution in [1.29, 1.82) is 5.26 Å². The molecule has 0 aliphatic carbocycles. The maximum atomic E-state index is 8.78. The van der Waals surface area contributed by atoms with E-state index in [1.165, 1.54) is 6.42 Å². The second-order valence-electron chi connectivity index (χ2n) is 4.18. The van der Waals surface area contributed by atoms with Crippen molar-refractivity contribution in [3.05, 3.63) is 17.0 Å². The standard InChI is InChI=1S/C11H13ClN4/c1-8-3-2-4-16(7-8)11-5-9(12)14-10(6-13)15-11/h5,8H,2-4,7H2,1H3. The quantitative estimate of drug-likeness (QED) is 0.702. The molecule has 0 aromatic carbocycles. The van der Waals surface area contributed by atoms with E-state index in [-0.39, 0.29) is 5.82 Å². The number of hydrogen-bond acceptors (Lipinski definition) is 4. The lowest BCUT2D eigenvalue weighted by Gasteiger charge is -2.31. The lowest BCUT2D eigenvalue weighted by Crippen LogP contribution is -2.35. The third-order valence-corrected chi connectivity index (χ3v) is 2.96. The van der Waals surface area contributed by atoms with Crippen LogP contribution in [0.4, 0.5) is 5.82 Å². The third kappa shape index (κ3) is 2.42. The minimum atomic E-state index is 0.140. The molecule has 5 heteroatoms. The minimum Gasteiger partial charge on any atom is -0.356 e. The van der Waals surface area contributed by atoms with Crippen LogP contribution in [-0.4, -0.2) is 23.1 Å². The summed E-state index contributed by atoms with van der Waals surface area (Å²) in [6.45, 7) is 4.17. The number of aromatic nitrogens is 2. The highest BCUT2D eigenvalue weighted by molar-refractivity contribution is 6.29. The Morgan fingerprint density at radius 3 is 3.06 bits per heavy atom. The molecule has 1 unspecified atom stereocenters. The molecule has 4 nitrogen and oxygen atoms in total. The van der Waals surface area contributed by atoms with E-state index in [9.17, 15) is 0 Å². The molecule has 1 aliphatic heterocycles. The van der Waals surface area contributed by atoms with E-state index in [2.05, 4.69) is 21.8 Å². The Hall–Kier alpha value is -1.34. The summed E-state index contributed by atoms with van der Waals surface area (Å²) < 4.78 is 0. The van der Waals surface area contributed by atoms with Crippen molar-refractivity contribution in [3.63, 3.8) is 0 Å². The highest BCUT2D eigenvalue weighted by Gasteiger charge is 2.18. The SMILES string of the molecule is CC1CCCN(c2cc(Cl)nc(C#N)n2)C1. The van der Waals surface area contributed by atoms with Gasteiger partial charge in [0.05, 0.1) is 0 Å². The minimum absolute atomic E-state index is 0.140. The molecule has 0 radical (unpaired) electrons. The molecule has 16 heavy (non-hydrogen) atoms. The molecule has 0 bridgehead atoms. The Bertz CT molecular complexity index is 426. The van der Waals surface area contributed by atoms with Gasteiger partial charge in [-0.15, -0.1) is 0 Å². The van der Waals surface area contributed by atoms with Crippen LogP contribution in [-0.2, 0) is 0 Å². The van der Waals surface area contributed by atoms with Crippen molar-refractivity contribution in [2.75, 3.05) is 18.0 Å². The second kappa shape index (κ2) is 4.67. The Kier molecular flexibility index (Phi) is 3.25. The first kappa shape index (κ1) is 11.2. The van der Waals surface area contributed by atoms with Gasteiger partial charge in [-0.25, -0.2) is 9.97 Å². The Morgan fingerprint density at radius 1 is 1.56 bits per heavy atom. The molecule has 0 N–H and O–H groups in total. The average molecular weight is 237 g/mol. The van der Waals surface area contributed by atoms with E-state index in [0.717, 1.165) is 25.3 Å². The number of piperidine rings is 1. The Morgan fingerprint density at radius 2 is 2.38 bits per heavy atom. The van der Waals surface area contributed by atoms with E-state index in [4.69, 9.17) is 16.9 Å². The molecule has 1 aromatic rings. The Balaban J connectivity index is 2.26. The summed E-state index contributed by atoms with van der Waals surface area (Å²) in [6, 6.07) is 3.65. The lowest BCUT2D eigenvalue weighted by molar-refractivity contribution is 0.444. The van der Waals surface area contributed by atoms with Crippen LogP contribution in [0.3, 0.4) is 0 Å². The first-order chi connectivity index (χ1) is 7.69. The van der Waals surface area contributed by atoms with Gasteiger partial charge >= 0.3 is 0 Å². The van der Waals surface area contributed by atoms with Gasteiger partial charge in [0.1, 0.15) is 17.0 Å². The van der Waals surface area contributed by atoms with Crippen LogP contribution in [0, 0.1) is 17.2 Å². The number of anilines is 1. The summed E-state index contributed by atoms with van der Waals surface area (Å²) in [5.74, 6) is 1.57. The molecule has 0 spiro atoms. The van der Waals surface area contributed by atoms with Crippen molar-refractivity contribution < 1.29 is 0 Å². The molecule has 0 amide bonds. The van der Waals surface area contributed by atoms with Crippen molar-refractivity contribution in [1.82, 2.24) is 9.97 Å². The number of rotatable bonds is 1. The zero-order chi connectivity index (χ0) is 11.5. The highest BCUT2D eigenvalue weighted by atomic mass is 35.5. The fourth-order valence-corrected chi connectivity index (χ4v) is 2.19. The molecular formula is C11H13ClN4.